The van der Waals surface area contributed by atoms with Crippen LogP contribution in [-0.4, -0.2) is 63.5 Å². The van der Waals surface area contributed by atoms with Crippen LogP contribution in [0.4, 0.5) is 0 Å². The second kappa shape index (κ2) is 9.51. The molecule has 1 unspecified atom stereocenters. The van der Waals surface area contributed by atoms with Crippen LogP contribution in [0.15, 0.2) is 42.5 Å². The summed E-state index contributed by atoms with van der Waals surface area (Å²) in [6.07, 6.45) is -1.50. The van der Waals surface area contributed by atoms with Crippen molar-refractivity contribution in [1.82, 2.24) is 9.47 Å². The normalized spacial score (nSPS) is 12.8. The van der Waals surface area contributed by atoms with Crippen molar-refractivity contribution in [3.8, 4) is 11.3 Å². The quantitative estimate of drug-likeness (QED) is 0.421. The number of carbonyl (C=O) groups is 2. The molecule has 0 saturated heterocycles. The van der Waals surface area contributed by atoms with Crippen molar-refractivity contribution in [3.63, 3.8) is 0 Å². The number of fused-ring (bicyclic) bond motifs is 5. The fourth-order valence-corrected chi connectivity index (χ4v) is 3.94. The Balaban J connectivity index is 0.000000259. The number of aliphatic hydroxyl groups is 1. The van der Waals surface area contributed by atoms with Gasteiger partial charge in [-0.25, -0.2) is 4.79 Å². The van der Waals surface area contributed by atoms with Crippen LogP contribution < -0.4 is 0 Å². The van der Waals surface area contributed by atoms with E-state index >= 15 is 0 Å². The largest absolute Gasteiger partial charge is 0.481 e. The monoisotopic (exact) mass is 444 g/mol. The molecule has 0 spiro atoms. The van der Waals surface area contributed by atoms with Gasteiger partial charge in [0.25, 0.3) is 0 Å². The van der Waals surface area contributed by atoms with Gasteiger partial charge in [0.1, 0.15) is 0 Å². The highest BCUT2D eigenvalue weighted by molar-refractivity contribution is 6.31. The Hall–Kier alpha value is -2.87. The van der Waals surface area contributed by atoms with E-state index < -0.39 is 24.5 Å². The number of carboxylic acid groups (broad SMARTS) is 2. The number of aliphatic hydroxyl groups excluding tert-OH is 1. The lowest BCUT2D eigenvalue weighted by Crippen LogP contribution is -2.22. The summed E-state index contributed by atoms with van der Waals surface area (Å²) >= 11 is 6.26. The third-order valence-corrected chi connectivity index (χ3v) is 5.43. The number of rotatable bonds is 6. The van der Waals surface area contributed by atoms with Crippen molar-refractivity contribution in [2.24, 2.45) is 0 Å². The van der Waals surface area contributed by atoms with Crippen molar-refractivity contribution in [2.45, 2.75) is 25.5 Å². The zero-order valence-electron chi connectivity index (χ0n) is 17.4. The van der Waals surface area contributed by atoms with Crippen molar-refractivity contribution >= 4 is 34.4 Å². The summed E-state index contributed by atoms with van der Waals surface area (Å²) < 4.78 is 2.45. The SMILES string of the molecule is CN(C)CCc1c2n(c3ccc(Cl)cc13)Cc1ccccc1-2.O=C(O)CC(O)C(=O)O. The summed E-state index contributed by atoms with van der Waals surface area (Å²) in [7, 11) is 4.25. The van der Waals surface area contributed by atoms with Gasteiger partial charge in [0.05, 0.1) is 12.1 Å². The molecule has 1 aliphatic heterocycles. The smallest absolute Gasteiger partial charge is 0.333 e. The number of hydrogen-bond acceptors (Lipinski definition) is 4. The Morgan fingerprint density at radius 3 is 2.48 bits per heavy atom. The van der Waals surface area contributed by atoms with Crippen LogP contribution in [0, 0.1) is 0 Å². The first-order valence-electron chi connectivity index (χ1n) is 9.85. The molecule has 31 heavy (non-hydrogen) atoms. The Bertz CT molecular complexity index is 1120. The number of carboxylic acids is 2. The molecule has 3 aromatic rings. The lowest BCUT2D eigenvalue weighted by Gasteiger charge is -2.10. The van der Waals surface area contributed by atoms with E-state index in [4.69, 9.17) is 26.9 Å². The molecule has 0 bridgehead atoms. The predicted molar refractivity (Wildman–Crippen MR) is 120 cm³/mol. The van der Waals surface area contributed by atoms with E-state index in [1.807, 2.05) is 6.07 Å². The second-order valence-electron chi connectivity index (χ2n) is 7.74. The first kappa shape index (κ1) is 22.8. The van der Waals surface area contributed by atoms with Gasteiger partial charge < -0.3 is 24.8 Å². The molecule has 3 N–H and O–H groups in total. The Morgan fingerprint density at radius 1 is 1.16 bits per heavy atom. The predicted octanol–water partition coefficient (Wildman–Crippen LogP) is 3.33. The van der Waals surface area contributed by atoms with Gasteiger partial charge in [-0.05, 0) is 49.8 Å². The molecule has 164 valence electrons. The lowest BCUT2D eigenvalue weighted by atomic mass is 10.0. The van der Waals surface area contributed by atoms with Crippen molar-refractivity contribution in [1.29, 1.82) is 0 Å². The molecule has 1 aliphatic rings. The highest BCUT2D eigenvalue weighted by Gasteiger charge is 2.25. The molecule has 2 aromatic carbocycles. The van der Waals surface area contributed by atoms with Gasteiger partial charge in [0.15, 0.2) is 6.10 Å². The van der Waals surface area contributed by atoms with Crippen LogP contribution in [0.1, 0.15) is 17.5 Å². The Morgan fingerprint density at radius 2 is 1.87 bits per heavy atom. The van der Waals surface area contributed by atoms with E-state index in [1.165, 1.54) is 33.3 Å². The van der Waals surface area contributed by atoms with Crippen molar-refractivity contribution in [3.05, 3.63) is 58.6 Å². The van der Waals surface area contributed by atoms with E-state index in [0.29, 0.717) is 0 Å². The Labute approximate surface area is 185 Å². The molecule has 0 saturated carbocycles. The average Bonchev–Trinajstić information content (AvgIpc) is 3.20. The van der Waals surface area contributed by atoms with Gasteiger partial charge in [-0.2, -0.15) is 0 Å². The molecule has 2 heterocycles. The van der Waals surface area contributed by atoms with E-state index in [0.717, 1.165) is 24.5 Å². The van der Waals surface area contributed by atoms with Gasteiger partial charge in [-0.15, -0.1) is 0 Å². The zero-order chi connectivity index (χ0) is 22.7. The molecule has 1 aromatic heterocycles. The summed E-state index contributed by atoms with van der Waals surface area (Å²) in [5.74, 6) is -2.85. The van der Waals surface area contributed by atoms with Crippen LogP contribution in [-0.2, 0) is 22.6 Å². The van der Waals surface area contributed by atoms with E-state index in [9.17, 15) is 9.59 Å². The third kappa shape index (κ3) is 5.07. The van der Waals surface area contributed by atoms with Gasteiger partial charge in [-0.3, -0.25) is 4.79 Å². The molecule has 0 amide bonds. The fraction of sp³-hybridized carbons (Fsp3) is 0.304. The molecule has 0 aliphatic carbocycles. The molecule has 0 radical (unpaired) electrons. The molecular formula is C23H25ClN2O5. The summed E-state index contributed by atoms with van der Waals surface area (Å²) in [4.78, 5) is 21.6. The molecule has 0 fully saturated rings. The fourth-order valence-electron chi connectivity index (χ4n) is 3.77. The van der Waals surface area contributed by atoms with Gasteiger partial charge in [-0.1, -0.05) is 35.9 Å². The maximum absolute atomic E-state index is 9.72. The summed E-state index contributed by atoms with van der Waals surface area (Å²) in [5.41, 5.74) is 6.90. The maximum Gasteiger partial charge on any atom is 0.333 e. The van der Waals surface area contributed by atoms with Gasteiger partial charge in [0, 0.05) is 34.6 Å². The number of aliphatic carboxylic acids is 2. The van der Waals surface area contributed by atoms with Crippen molar-refractivity contribution < 1.29 is 24.9 Å². The lowest BCUT2D eigenvalue weighted by molar-refractivity contribution is -0.152. The molecule has 8 heteroatoms. The summed E-state index contributed by atoms with van der Waals surface area (Å²) in [6.45, 7) is 2.01. The minimum Gasteiger partial charge on any atom is -0.481 e. The zero-order valence-corrected chi connectivity index (χ0v) is 18.1. The number of hydrogen-bond donors (Lipinski definition) is 3. The minimum atomic E-state index is -1.79. The number of nitrogens with zero attached hydrogens (tertiary/aromatic N) is 2. The van der Waals surface area contributed by atoms with E-state index in [-0.39, 0.29) is 0 Å². The van der Waals surface area contributed by atoms with Crippen molar-refractivity contribution in [2.75, 3.05) is 20.6 Å². The summed E-state index contributed by atoms with van der Waals surface area (Å²) in [6, 6.07) is 15.0. The van der Waals surface area contributed by atoms with Crippen LogP contribution in [0.5, 0.6) is 0 Å². The third-order valence-electron chi connectivity index (χ3n) is 5.19. The molecule has 7 nitrogen and oxygen atoms in total. The number of aromatic nitrogens is 1. The first-order valence-corrected chi connectivity index (χ1v) is 10.2. The average molecular weight is 445 g/mol. The number of likely N-dealkylation sites (N-methyl/N-ethyl adjacent to an activating group) is 1. The highest BCUT2D eigenvalue weighted by Crippen LogP contribution is 2.41. The molecule has 4 rings (SSSR count). The number of benzene rings is 2. The van der Waals surface area contributed by atoms with Crippen LogP contribution >= 0.6 is 11.6 Å². The van der Waals surface area contributed by atoms with Crippen LogP contribution in [0.2, 0.25) is 5.02 Å². The van der Waals surface area contributed by atoms with E-state index in [1.54, 1.807) is 0 Å². The van der Waals surface area contributed by atoms with Gasteiger partial charge >= 0.3 is 11.9 Å². The standard InChI is InChI=1S/C19H19ClN2.C4H6O5/c1-21(2)10-9-16-17-11-14(20)7-8-18(17)22-12-13-5-3-4-6-15(13)19(16)22;5-2(4(8)9)1-3(6)7/h3-8,11H,9-10,12H2,1-2H3;2,5H,1H2,(H,6,7)(H,8,9). The second-order valence-corrected chi connectivity index (χ2v) is 8.17. The molecule has 1 atom stereocenters. The van der Waals surface area contributed by atoms with Crippen LogP contribution in [0.25, 0.3) is 22.2 Å². The number of halogens is 1. The summed E-state index contributed by atoms with van der Waals surface area (Å²) in [5, 5.41) is 26.3. The highest BCUT2D eigenvalue weighted by atomic mass is 35.5. The van der Waals surface area contributed by atoms with E-state index in [2.05, 4.69) is 60.0 Å². The van der Waals surface area contributed by atoms with Gasteiger partial charge in [0.2, 0.25) is 0 Å². The van der Waals surface area contributed by atoms with Crippen LogP contribution in [0.3, 0.4) is 0 Å². The topological polar surface area (TPSA) is 103 Å². The molecular weight excluding hydrogens is 420 g/mol. The Kier molecular flexibility index (Phi) is 7.00. The maximum atomic E-state index is 9.72. The first-order chi connectivity index (χ1) is 14.7. The minimum absolute atomic E-state index is 0.755.